The highest BCUT2D eigenvalue weighted by Crippen LogP contribution is 2.25. The number of anilines is 1. The number of hydrogen-bond acceptors (Lipinski definition) is 6. The lowest BCUT2D eigenvalue weighted by Gasteiger charge is -2.09. The zero-order chi connectivity index (χ0) is 18.7. The van der Waals surface area contributed by atoms with Gasteiger partial charge in [-0.3, -0.25) is 14.2 Å². The van der Waals surface area contributed by atoms with E-state index in [-0.39, 0.29) is 11.7 Å². The third-order valence-corrected chi connectivity index (χ3v) is 5.33. The van der Waals surface area contributed by atoms with Crippen molar-refractivity contribution in [2.75, 3.05) is 11.1 Å². The number of carbonyl (C=O) groups excluding carboxylic acids is 2. The third kappa shape index (κ3) is 3.94. The van der Waals surface area contributed by atoms with Crippen LogP contribution in [0.3, 0.4) is 0 Å². The van der Waals surface area contributed by atoms with Crippen molar-refractivity contribution in [2.45, 2.75) is 19.0 Å². The summed E-state index contributed by atoms with van der Waals surface area (Å²) in [5.74, 6) is 0.0771. The summed E-state index contributed by atoms with van der Waals surface area (Å²) in [5.41, 5.74) is 7.68. The number of aromatic nitrogens is 3. The van der Waals surface area contributed by atoms with Crippen molar-refractivity contribution >= 4 is 39.9 Å². The van der Waals surface area contributed by atoms with Crippen LogP contribution in [0.5, 0.6) is 0 Å². The van der Waals surface area contributed by atoms with Crippen LogP contribution in [0.2, 0.25) is 0 Å². The van der Waals surface area contributed by atoms with Gasteiger partial charge in [0, 0.05) is 5.69 Å². The smallest absolute Gasteiger partial charge is 0.251 e. The SMILES string of the molecule is Cc1cccc(-n2c(C)nnc2SCC(=O)Nc2sccc2C(N)=O)c1. The molecule has 2 aromatic heterocycles. The summed E-state index contributed by atoms with van der Waals surface area (Å²) >= 11 is 2.54. The van der Waals surface area contributed by atoms with Crippen LogP contribution in [0.4, 0.5) is 5.00 Å². The molecule has 0 atom stereocenters. The van der Waals surface area contributed by atoms with Crippen LogP contribution in [0, 0.1) is 13.8 Å². The van der Waals surface area contributed by atoms with Gasteiger partial charge in [0.05, 0.1) is 11.3 Å². The number of nitrogens with one attached hydrogen (secondary N) is 1. The molecule has 3 rings (SSSR count). The lowest BCUT2D eigenvalue weighted by molar-refractivity contribution is -0.113. The number of thioether (sulfide) groups is 1. The fraction of sp³-hybridized carbons (Fsp3) is 0.176. The number of nitrogens with two attached hydrogens (primary N) is 1. The molecule has 0 spiro atoms. The van der Waals surface area contributed by atoms with Gasteiger partial charge >= 0.3 is 0 Å². The molecule has 0 saturated heterocycles. The van der Waals surface area contributed by atoms with Gasteiger partial charge in [-0.1, -0.05) is 23.9 Å². The number of nitrogens with zero attached hydrogens (tertiary/aromatic N) is 3. The summed E-state index contributed by atoms with van der Waals surface area (Å²) < 4.78 is 1.91. The molecule has 0 radical (unpaired) electrons. The number of aryl methyl sites for hydroxylation is 2. The molecule has 0 bridgehead atoms. The molecule has 0 aliphatic carbocycles. The molecule has 0 saturated carbocycles. The summed E-state index contributed by atoms with van der Waals surface area (Å²) in [4.78, 5) is 23.6. The Morgan fingerprint density at radius 2 is 2.08 bits per heavy atom. The molecule has 134 valence electrons. The van der Waals surface area contributed by atoms with Crippen LogP contribution < -0.4 is 11.1 Å². The monoisotopic (exact) mass is 387 g/mol. The predicted octanol–water partition coefficient (Wildman–Crippen LogP) is 2.78. The number of benzene rings is 1. The number of thiophene rings is 1. The van der Waals surface area contributed by atoms with Gasteiger partial charge in [-0.05, 0) is 43.0 Å². The molecule has 2 heterocycles. The minimum Gasteiger partial charge on any atom is -0.366 e. The first-order valence-electron chi connectivity index (χ1n) is 7.74. The minimum atomic E-state index is -0.566. The fourth-order valence-corrected chi connectivity index (χ4v) is 4.00. The molecule has 7 nitrogen and oxygen atoms in total. The highest BCUT2D eigenvalue weighted by molar-refractivity contribution is 7.99. The molecule has 2 amide bonds. The van der Waals surface area contributed by atoms with Crippen LogP contribution in [0.1, 0.15) is 21.7 Å². The topological polar surface area (TPSA) is 103 Å². The van der Waals surface area contributed by atoms with Crippen LogP contribution in [-0.2, 0) is 4.79 Å². The minimum absolute atomic E-state index is 0.139. The largest absolute Gasteiger partial charge is 0.366 e. The Morgan fingerprint density at radius 3 is 2.81 bits per heavy atom. The van der Waals surface area contributed by atoms with Gasteiger partial charge < -0.3 is 11.1 Å². The number of carbonyl (C=O) groups is 2. The number of hydrogen-bond donors (Lipinski definition) is 2. The molecule has 3 aromatic rings. The maximum absolute atomic E-state index is 12.2. The maximum atomic E-state index is 12.2. The lowest BCUT2D eigenvalue weighted by Crippen LogP contribution is -2.18. The van der Waals surface area contributed by atoms with Crippen molar-refractivity contribution in [1.82, 2.24) is 14.8 Å². The average Bonchev–Trinajstić information content (AvgIpc) is 3.19. The quantitative estimate of drug-likeness (QED) is 0.633. The summed E-state index contributed by atoms with van der Waals surface area (Å²) in [7, 11) is 0. The molecule has 1 aromatic carbocycles. The Bertz CT molecular complexity index is 964. The van der Waals surface area contributed by atoms with E-state index >= 15 is 0 Å². The second-order valence-electron chi connectivity index (χ2n) is 5.57. The van der Waals surface area contributed by atoms with Gasteiger partial charge in [0.1, 0.15) is 10.8 Å². The molecular formula is C17H17N5O2S2. The van der Waals surface area contributed by atoms with Crippen LogP contribution in [0.15, 0.2) is 40.9 Å². The first kappa shape index (κ1) is 18.2. The van der Waals surface area contributed by atoms with Gasteiger partial charge in [-0.15, -0.1) is 21.5 Å². The van der Waals surface area contributed by atoms with Gasteiger partial charge in [-0.2, -0.15) is 0 Å². The summed E-state index contributed by atoms with van der Waals surface area (Å²) in [6.07, 6.45) is 0. The Morgan fingerprint density at radius 1 is 1.27 bits per heavy atom. The Kier molecular flexibility index (Phi) is 5.38. The third-order valence-electron chi connectivity index (χ3n) is 3.57. The number of primary amides is 1. The number of rotatable bonds is 6. The van der Waals surface area contributed by atoms with E-state index in [9.17, 15) is 9.59 Å². The summed E-state index contributed by atoms with van der Waals surface area (Å²) in [6, 6.07) is 9.57. The van der Waals surface area contributed by atoms with Crippen molar-refractivity contribution < 1.29 is 9.59 Å². The lowest BCUT2D eigenvalue weighted by atomic mass is 10.2. The van der Waals surface area contributed by atoms with Gasteiger partial charge in [-0.25, -0.2) is 0 Å². The van der Waals surface area contributed by atoms with E-state index in [2.05, 4.69) is 15.5 Å². The standard InChI is InChI=1S/C17H17N5O2S2/c1-10-4-3-5-12(8-10)22-11(2)20-21-17(22)26-9-14(23)19-16-13(15(18)24)6-7-25-16/h3-8H,9H2,1-2H3,(H2,18,24)(H,19,23). The van der Waals surface area contributed by atoms with E-state index in [1.807, 2.05) is 42.7 Å². The van der Waals surface area contributed by atoms with Crippen molar-refractivity contribution in [3.05, 3.63) is 52.7 Å². The first-order chi connectivity index (χ1) is 12.5. The Balaban J connectivity index is 1.71. The van der Waals surface area contributed by atoms with E-state index < -0.39 is 5.91 Å². The molecule has 0 aliphatic rings. The fourth-order valence-electron chi connectivity index (χ4n) is 2.39. The Labute approximate surface area is 158 Å². The summed E-state index contributed by atoms with van der Waals surface area (Å²) in [5, 5.41) is 13.8. The van der Waals surface area contributed by atoms with Crippen molar-refractivity contribution in [1.29, 1.82) is 0 Å². The molecule has 3 N–H and O–H groups in total. The van der Waals surface area contributed by atoms with Crippen LogP contribution in [-0.4, -0.2) is 32.3 Å². The van der Waals surface area contributed by atoms with Crippen molar-refractivity contribution in [3.8, 4) is 5.69 Å². The van der Waals surface area contributed by atoms with E-state index in [0.717, 1.165) is 17.1 Å². The second kappa shape index (κ2) is 7.71. The van der Waals surface area contributed by atoms with E-state index in [0.29, 0.717) is 15.7 Å². The molecule has 9 heteroatoms. The van der Waals surface area contributed by atoms with Crippen molar-refractivity contribution in [3.63, 3.8) is 0 Å². The molecule has 0 aliphatic heterocycles. The molecule has 0 unspecified atom stereocenters. The highest BCUT2D eigenvalue weighted by atomic mass is 32.2. The predicted molar refractivity (Wildman–Crippen MR) is 103 cm³/mol. The Hall–Kier alpha value is -2.65. The zero-order valence-electron chi connectivity index (χ0n) is 14.2. The second-order valence-corrected chi connectivity index (χ2v) is 7.43. The van der Waals surface area contributed by atoms with Gasteiger partial charge in [0.2, 0.25) is 5.91 Å². The van der Waals surface area contributed by atoms with E-state index in [4.69, 9.17) is 5.73 Å². The van der Waals surface area contributed by atoms with Gasteiger partial charge in [0.15, 0.2) is 5.16 Å². The average molecular weight is 387 g/mol. The number of amides is 2. The molecule has 0 fully saturated rings. The normalized spacial score (nSPS) is 10.7. The van der Waals surface area contributed by atoms with Crippen LogP contribution in [0.25, 0.3) is 5.69 Å². The van der Waals surface area contributed by atoms with Gasteiger partial charge in [0.25, 0.3) is 5.91 Å². The maximum Gasteiger partial charge on any atom is 0.251 e. The van der Waals surface area contributed by atoms with Crippen molar-refractivity contribution in [2.24, 2.45) is 5.73 Å². The summed E-state index contributed by atoms with van der Waals surface area (Å²) in [6.45, 7) is 3.88. The highest BCUT2D eigenvalue weighted by Gasteiger charge is 2.16. The first-order valence-corrected chi connectivity index (χ1v) is 9.61. The van der Waals surface area contributed by atoms with E-state index in [1.54, 1.807) is 11.4 Å². The zero-order valence-corrected chi connectivity index (χ0v) is 15.9. The van der Waals surface area contributed by atoms with Crippen LogP contribution >= 0.6 is 23.1 Å². The molecule has 26 heavy (non-hydrogen) atoms. The molecular weight excluding hydrogens is 370 g/mol. The van der Waals surface area contributed by atoms with E-state index in [1.165, 1.54) is 23.1 Å².